The summed E-state index contributed by atoms with van der Waals surface area (Å²) < 4.78 is 15.1. The molecule has 7 nitrogen and oxygen atoms in total. The van der Waals surface area contributed by atoms with Crippen LogP contribution in [-0.4, -0.2) is 48.1 Å². The zero-order valence-electron chi connectivity index (χ0n) is 18.4. The number of carbonyl (C=O) groups excluding carboxylic acids is 1. The van der Waals surface area contributed by atoms with Gasteiger partial charge in [-0.1, -0.05) is 24.3 Å². The Labute approximate surface area is 204 Å². The molecule has 172 valence electrons. The lowest BCUT2D eigenvalue weighted by Gasteiger charge is -2.13. The molecule has 0 radical (unpaired) electrons. The number of amides is 1. The van der Waals surface area contributed by atoms with Crippen molar-refractivity contribution < 1.29 is 9.18 Å². The average molecular weight is 552 g/mol. The van der Waals surface area contributed by atoms with Crippen LogP contribution in [0, 0.1) is 12.7 Å². The monoisotopic (exact) mass is 552 g/mol. The number of imidazole rings is 1. The Balaban J connectivity index is 0.00000363. The van der Waals surface area contributed by atoms with Gasteiger partial charge in [-0.15, -0.1) is 24.0 Å². The van der Waals surface area contributed by atoms with E-state index in [0.717, 1.165) is 41.9 Å². The molecule has 2 aromatic carbocycles. The van der Waals surface area contributed by atoms with Gasteiger partial charge in [0.05, 0.1) is 17.5 Å². The lowest BCUT2D eigenvalue weighted by Crippen LogP contribution is -2.42. The largest absolute Gasteiger partial charge is 0.356 e. The number of aryl methyl sites for hydroxylation is 2. The summed E-state index contributed by atoms with van der Waals surface area (Å²) >= 11 is 0. The third-order valence-electron chi connectivity index (χ3n) is 4.94. The minimum Gasteiger partial charge on any atom is -0.356 e. The zero-order chi connectivity index (χ0) is 22.1. The number of halogens is 2. The summed E-state index contributed by atoms with van der Waals surface area (Å²) in [5.74, 6) is 1.31. The van der Waals surface area contributed by atoms with Gasteiger partial charge in [0.2, 0.25) is 5.91 Å². The van der Waals surface area contributed by atoms with Crippen molar-refractivity contribution in [3.05, 3.63) is 65.7 Å². The van der Waals surface area contributed by atoms with Gasteiger partial charge in [0.15, 0.2) is 5.96 Å². The number of hydrogen-bond donors (Lipinski definition) is 3. The second-order valence-corrected chi connectivity index (χ2v) is 7.23. The maximum Gasteiger partial charge on any atom is 0.224 e. The molecule has 1 heterocycles. The van der Waals surface area contributed by atoms with Crippen LogP contribution in [0.1, 0.15) is 17.8 Å². The Morgan fingerprint density at radius 1 is 1.03 bits per heavy atom. The van der Waals surface area contributed by atoms with Crippen molar-refractivity contribution >= 4 is 46.9 Å². The number of carbonyl (C=O) groups is 1. The van der Waals surface area contributed by atoms with E-state index in [1.165, 1.54) is 12.1 Å². The van der Waals surface area contributed by atoms with Crippen molar-refractivity contribution in [3.63, 3.8) is 0 Å². The van der Waals surface area contributed by atoms with Gasteiger partial charge >= 0.3 is 0 Å². The molecule has 0 aliphatic carbocycles. The molecule has 9 heteroatoms. The van der Waals surface area contributed by atoms with E-state index >= 15 is 0 Å². The zero-order valence-corrected chi connectivity index (χ0v) is 20.7. The molecule has 0 saturated heterocycles. The SMILES string of the molecule is CN=C(NCCCn1c(C)nc2ccccc21)NCCNC(=O)Cc1ccc(F)cc1.I. The molecule has 3 N–H and O–H groups in total. The highest BCUT2D eigenvalue weighted by molar-refractivity contribution is 14.0. The summed E-state index contributed by atoms with van der Waals surface area (Å²) in [6.07, 6.45) is 1.16. The highest BCUT2D eigenvalue weighted by atomic mass is 127. The van der Waals surface area contributed by atoms with E-state index in [2.05, 4.69) is 36.6 Å². The van der Waals surface area contributed by atoms with Crippen LogP contribution < -0.4 is 16.0 Å². The van der Waals surface area contributed by atoms with E-state index in [1.54, 1.807) is 19.2 Å². The summed E-state index contributed by atoms with van der Waals surface area (Å²) in [4.78, 5) is 20.8. The molecule has 0 aliphatic heterocycles. The molecule has 3 aromatic rings. The van der Waals surface area contributed by atoms with Gasteiger partial charge in [-0.2, -0.15) is 0 Å². The first-order chi connectivity index (χ1) is 15.1. The summed E-state index contributed by atoms with van der Waals surface area (Å²) in [5, 5.41) is 9.32. The van der Waals surface area contributed by atoms with Gasteiger partial charge in [0.25, 0.3) is 0 Å². The van der Waals surface area contributed by atoms with Crippen molar-refractivity contribution in [1.82, 2.24) is 25.5 Å². The lowest BCUT2D eigenvalue weighted by atomic mass is 10.1. The number of nitrogens with one attached hydrogen (secondary N) is 3. The topological polar surface area (TPSA) is 83.3 Å². The molecule has 0 unspecified atom stereocenters. The maximum atomic E-state index is 12.9. The first-order valence-corrected chi connectivity index (χ1v) is 10.4. The van der Waals surface area contributed by atoms with Crippen molar-refractivity contribution in [2.45, 2.75) is 26.3 Å². The molecule has 1 aromatic heterocycles. The molecule has 32 heavy (non-hydrogen) atoms. The highest BCUT2D eigenvalue weighted by Gasteiger charge is 2.06. The van der Waals surface area contributed by atoms with E-state index in [9.17, 15) is 9.18 Å². The number of benzene rings is 2. The van der Waals surface area contributed by atoms with E-state index in [4.69, 9.17) is 0 Å². The van der Waals surface area contributed by atoms with E-state index in [0.29, 0.717) is 19.0 Å². The fourth-order valence-corrected chi connectivity index (χ4v) is 3.38. The fourth-order valence-electron chi connectivity index (χ4n) is 3.38. The molecule has 0 atom stereocenters. The number of nitrogens with zero attached hydrogens (tertiary/aromatic N) is 3. The van der Waals surface area contributed by atoms with Crippen molar-refractivity contribution in [1.29, 1.82) is 0 Å². The number of guanidine groups is 1. The number of aliphatic imine (C=N–C) groups is 1. The number of fused-ring (bicyclic) bond motifs is 1. The third-order valence-corrected chi connectivity index (χ3v) is 4.94. The molecule has 0 bridgehead atoms. The first kappa shape index (κ1) is 25.6. The predicted octanol–water partition coefficient (Wildman–Crippen LogP) is 3.02. The average Bonchev–Trinajstić information content (AvgIpc) is 3.09. The number of rotatable bonds is 9. The van der Waals surface area contributed by atoms with Gasteiger partial charge in [0, 0.05) is 33.2 Å². The van der Waals surface area contributed by atoms with E-state index in [1.807, 2.05) is 25.1 Å². The second kappa shape index (κ2) is 13.0. The molecular formula is C23H30FIN6O. The molecule has 3 rings (SSSR count). The Morgan fingerprint density at radius 2 is 1.72 bits per heavy atom. The van der Waals surface area contributed by atoms with Gasteiger partial charge in [0.1, 0.15) is 11.6 Å². The van der Waals surface area contributed by atoms with E-state index < -0.39 is 0 Å². The molecule has 0 fully saturated rings. The number of hydrogen-bond acceptors (Lipinski definition) is 3. The van der Waals surface area contributed by atoms with Crippen molar-refractivity contribution in [2.24, 2.45) is 4.99 Å². The summed E-state index contributed by atoms with van der Waals surface area (Å²) in [6.45, 7) is 4.69. The van der Waals surface area contributed by atoms with Crippen LogP contribution in [0.4, 0.5) is 4.39 Å². The van der Waals surface area contributed by atoms with Gasteiger partial charge in [-0.25, -0.2) is 9.37 Å². The predicted molar refractivity (Wildman–Crippen MR) is 137 cm³/mol. The maximum absolute atomic E-state index is 12.9. The third kappa shape index (κ3) is 7.47. The van der Waals surface area contributed by atoms with Crippen molar-refractivity contribution in [2.75, 3.05) is 26.7 Å². The first-order valence-electron chi connectivity index (χ1n) is 10.4. The van der Waals surface area contributed by atoms with Gasteiger partial charge in [-0.3, -0.25) is 9.79 Å². The van der Waals surface area contributed by atoms with Gasteiger partial charge < -0.3 is 20.5 Å². The van der Waals surface area contributed by atoms with Crippen molar-refractivity contribution in [3.8, 4) is 0 Å². The van der Waals surface area contributed by atoms with Crippen LogP contribution in [0.25, 0.3) is 11.0 Å². The standard InChI is InChI=1S/C23H29FN6O.HI/c1-17-29-20-6-3-4-7-21(20)30(17)15-5-12-27-23(25-2)28-14-13-26-22(31)16-18-8-10-19(24)11-9-18;/h3-4,6-11H,5,12-16H2,1-2H3,(H,26,31)(H2,25,27,28);1H. The fraction of sp³-hybridized carbons (Fsp3) is 0.348. The van der Waals surface area contributed by atoms with Crippen LogP contribution in [0.2, 0.25) is 0 Å². The Bertz CT molecular complexity index is 1030. The molecule has 0 saturated carbocycles. The van der Waals surface area contributed by atoms with Crippen LogP contribution in [0.15, 0.2) is 53.5 Å². The smallest absolute Gasteiger partial charge is 0.224 e. The highest BCUT2D eigenvalue weighted by Crippen LogP contribution is 2.15. The lowest BCUT2D eigenvalue weighted by molar-refractivity contribution is -0.120. The van der Waals surface area contributed by atoms with E-state index in [-0.39, 0.29) is 42.1 Å². The van der Waals surface area contributed by atoms with Crippen LogP contribution in [-0.2, 0) is 17.8 Å². The molecular weight excluding hydrogens is 522 g/mol. The quantitative estimate of drug-likeness (QED) is 0.165. The Kier molecular flexibility index (Phi) is 10.4. The van der Waals surface area contributed by atoms with Crippen LogP contribution in [0.5, 0.6) is 0 Å². The Morgan fingerprint density at radius 3 is 2.47 bits per heavy atom. The minimum absolute atomic E-state index is 0. The van der Waals surface area contributed by atoms with Crippen LogP contribution >= 0.6 is 24.0 Å². The molecule has 0 aliphatic rings. The summed E-state index contributed by atoms with van der Waals surface area (Å²) in [7, 11) is 1.72. The summed E-state index contributed by atoms with van der Waals surface area (Å²) in [5.41, 5.74) is 2.95. The number of aromatic nitrogens is 2. The molecule has 0 spiro atoms. The normalized spacial score (nSPS) is 11.2. The van der Waals surface area contributed by atoms with Crippen LogP contribution in [0.3, 0.4) is 0 Å². The number of para-hydroxylation sites is 2. The van der Waals surface area contributed by atoms with Gasteiger partial charge in [-0.05, 0) is 43.2 Å². The minimum atomic E-state index is -0.305. The summed E-state index contributed by atoms with van der Waals surface area (Å²) in [6, 6.07) is 14.1. The Hall–Kier alpha value is -2.69. The second-order valence-electron chi connectivity index (χ2n) is 7.23. The molecule has 1 amide bonds.